The molecule has 4 rings (SSSR count). The molecule has 7 nitrogen and oxygen atoms in total. The van der Waals surface area contributed by atoms with Crippen molar-refractivity contribution in [3.63, 3.8) is 0 Å². The molecular weight excluding hydrogens is 492 g/mol. The molecule has 1 amide bonds. The van der Waals surface area contributed by atoms with Crippen molar-refractivity contribution in [3.05, 3.63) is 107 Å². The summed E-state index contributed by atoms with van der Waals surface area (Å²) in [6.07, 6.45) is 1.49. The van der Waals surface area contributed by atoms with Crippen LogP contribution in [0, 0.1) is 11.3 Å². The van der Waals surface area contributed by atoms with Crippen LogP contribution >= 0.6 is 0 Å². The summed E-state index contributed by atoms with van der Waals surface area (Å²) in [5, 5.41) is 14.6. The number of hydrogen-bond acceptors (Lipinski definition) is 6. The number of nitrogens with zero attached hydrogens (tertiary/aromatic N) is 1. The molecule has 7 heteroatoms. The minimum absolute atomic E-state index is 0.0867. The summed E-state index contributed by atoms with van der Waals surface area (Å²) in [6, 6.07) is 27.7. The Morgan fingerprint density at radius 2 is 1.64 bits per heavy atom. The fourth-order valence-corrected chi connectivity index (χ4v) is 3.99. The molecule has 0 radical (unpaired) electrons. The smallest absolute Gasteiger partial charge is 0.338 e. The van der Waals surface area contributed by atoms with Crippen molar-refractivity contribution >= 4 is 34.4 Å². The van der Waals surface area contributed by atoms with Gasteiger partial charge in [0.1, 0.15) is 18.2 Å². The van der Waals surface area contributed by atoms with Crippen LogP contribution in [0.1, 0.15) is 35.3 Å². The van der Waals surface area contributed by atoms with E-state index in [-0.39, 0.29) is 12.2 Å². The van der Waals surface area contributed by atoms with Gasteiger partial charge >= 0.3 is 5.97 Å². The highest BCUT2D eigenvalue weighted by molar-refractivity contribution is 6.09. The standard InChI is InChI=1S/C32H28N2O5/c1-3-37-30-19-22(12-17-29(30)39-21-25-10-7-9-23-8-5-6-11-28(23)25)18-26(20-33)31(35)34-27-15-13-24(14-16-27)32(36)38-4-2/h5-19H,3-4,21H2,1-2H3,(H,34,35)/b26-18+. The van der Waals surface area contributed by atoms with Gasteiger partial charge in [-0.05, 0) is 78.2 Å². The van der Waals surface area contributed by atoms with Gasteiger partial charge in [-0.3, -0.25) is 4.79 Å². The van der Waals surface area contributed by atoms with E-state index in [4.69, 9.17) is 14.2 Å². The van der Waals surface area contributed by atoms with Gasteiger partial charge in [0, 0.05) is 5.69 Å². The van der Waals surface area contributed by atoms with E-state index in [1.807, 2.05) is 37.3 Å². The molecule has 0 aliphatic rings. The van der Waals surface area contributed by atoms with E-state index in [0.29, 0.717) is 41.5 Å². The molecule has 39 heavy (non-hydrogen) atoms. The zero-order chi connectivity index (χ0) is 27.6. The lowest BCUT2D eigenvalue weighted by atomic mass is 10.1. The van der Waals surface area contributed by atoms with Gasteiger partial charge < -0.3 is 19.5 Å². The van der Waals surface area contributed by atoms with Crippen molar-refractivity contribution < 1.29 is 23.8 Å². The number of amides is 1. The summed E-state index contributed by atoms with van der Waals surface area (Å²) in [5.41, 5.74) is 2.40. The minimum atomic E-state index is -0.573. The monoisotopic (exact) mass is 520 g/mol. The van der Waals surface area contributed by atoms with Crippen molar-refractivity contribution in [1.29, 1.82) is 5.26 Å². The molecular formula is C32H28N2O5. The molecule has 4 aromatic rings. The number of carbonyl (C=O) groups is 2. The fraction of sp³-hybridized carbons (Fsp3) is 0.156. The normalized spacial score (nSPS) is 10.9. The second-order valence-electron chi connectivity index (χ2n) is 8.49. The molecule has 4 aromatic carbocycles. The molecule has 0 fully saturated rings. The number of rotatable bonds is 10. The molecule has 0 aliphatic carbocycles. The summed E-state index contributed by atoms with van der Waals surface area (Å²) in [6.45, 7) is 4.66. The van der Waals surface area contributed by atoms with E-state index in [0.717, 1.165) is 16.3 Å². The van der Waals surface area contributed by atoms with Crippen LogP contribution in [0.2, 0.25) is 0 Å². The molecule has 0 unspecified atom stereocenters. The van der Waals surface area contributed by atoms with Crippen molar-refractivity contribution in [2.75, 3.05) is 18.5 Å². The zero-order valence-electron chi connectivity index (χ0n) is 21.8. The first-order chi connectivity index (χ1) is 19.0. The number of ether oxygens (including phenoxy) is 3. The summed E-state index contributed by atoms with van der Waals surface area (Å²) < 4.78 is 16.9. The first-order valence-electron chi connectivity index (χ1n) is 12.6. The molecule has 0 heterocycles. The quantitative estimate of drug-likeness (QED) is 0.145. The first kappa shape index (κ1) is 27.0. The van der Waals surface area contributed by atoms with E-state index in [9.17, 15) is 14.9 Å². The van der Waals surface area contributed by atoms with Crippen LogP contribution in [-0.2, 0) is 16.1 Å². The van der Waals surface area contributed by atoms with E-state index in [1.54, 1.807) is 49.4 Å². The number of esters is 1. The first-order valence-corrected chi connectivity index (χ1v) is 12.6. The number of anilines is 1. The van der Waals surface area contributed by atoms with Crippen molar-refractivity contribution in [2.45, 2.75) is 20.5 Å². The highest BCUT2D eigenvalue weighted by Gasteiger charge is 2.13. The van der Waals surface area contributed by atoms with Crippen LogP contribution < -0.4 is 14.8 Å². The Bertz CT molecular complexity index is 1550. The van der Waals surface area contributed by atoms with Crippen molar-refractivity contribution in [2.24, 2.45) is 0 Å². The van der Waals surface area contributed by atoms with Gasteiger partial charge in [-0.2, -0.15) is 5.26 Å². The molecule has 0 bridgehead atoms. The minimum Gasteiger partial charge on any atom is -0.490 e. The molecule has 196 valence electrons. The van der Waals surface area contributed by atoms with E-state index in [1.165, 1.54) is 6.08 Å². The van der Waals surface area contributed by atoms with Gasteiger partial charge in [-0.25, -0.2) is 4.79 Å². The zero-order valence-corrected chi connectivity index (χ0v) is 21.8. The predicted molar refractivity (Wildman–Crippen MR) is 151 cm³/mol. The summed E-state index contributed by atoms with van der Waals surface area (Å²) in [4.78, 5) is 24.6. The SMILES string of the molecule is CCOC(=O)c1ccc(NC(=O)/C(C#N)=C/c2ccc(OCc3cccc4ccccc34)c(OCC)c2)cc1. The number of carbonyl (C=O) groups excluding carboxylic acids is 2. The topological polar surface area (TPSA) is 97.7 Å². The second kappa shape index (κ2) is 12.9. The third-order valence-electron chi connectivity index (χ3n) is 5.86. The fourth-order valence-electron chi connectivity index (χ4n) is 3.99. The summed E-state index contributed by atoms with van der Waals surface area (Å²) in [7, 11) is 0. The predicted octanol–water partition coefficient (Wildman–Crippen LogP) is 6.54. The molecule has 0 aliphatic heterocycles. The van der Waals surface area contributed by atoms with Gasteiger partial charge in [-0.15, -0.1) is 0 Å². The number of fused-ring (bicyclic) bond motifs is 1. The van der Waals surface area contributed by atoms with Crippen LogP contribution in [0.15, 0.2) is 90.5 Å². The lowest BCUT2D eigenvalue weighted by Crippen LogP contribution is -2.13. The van der Waals surface area contributed by atoms with E-state index < -0.39 is 11.9 Å². The number of nitrogens with one attached hydrogen (secondary N) is 1. The van der Waals surface area contributed by atoms with E-state index in [2.05, 4.69) is 23.5 Å². The van der Waals surface area contributed by atoms with Crippen LogP contribution in [-0.4, -0.2) is 25.1 Å². The Morgan fingerprint density at radius 3 is 2.38 bits per heavy atom. The molecule has 0 saturated carbocycles. The highest BCUT2D eigenvalue weighted by Crippen LogP contribution is 2.31. The van der Waals surface area contributed by atoms with Crippen LogP contribution in [0.3, 0.4) is 0 Å². The summed E-state index contributed by atoms with van der Waals surface area (Å²) >= 11 is 0. The molecule has 0 spiro atoms. The summed E-state index contributed by atoms with van der Waals surface area (Å²) in [5.74, 6) is 0.0589. The molecule has 1 N–H and O–H groups in total. The van der Waals surface area contributed by atoms with Gasteiger partial charge in [0.15, 0.2) is 11.5 Å². The number of nitriles is 1. The average Bonchev–Trinajstić information content (AvgIpc) is 2.96. The highest BCUT2D eigenvalue weighted by atomic mass is 16.5. The molecule has 0 aromatic heterocycles. The Morgan fingerprint density at radius 1 is 0.872 bits per heavy atom. The third kappa shape index (κ3) is 6.82. The lowest BCUT2D eigenvalue weighted by Gasteiger charge is -2.14. The van der Waals surface area contributed by atoms with Gasteiger partial charge in [-0.1, -0.05) is 48.5 Å². The maximum Gasteiger partial charge on any atom is 0.338 e. The number of benzene rings is 4. The largest absolute Gasteiger partial charge is 0.490 e. The Kier molecular flexibility index (Phi) is 8.94. The third-order valence-corrected chi connectivity index (χ3v) is 5.86. The van der Waals surface area contributed by atoms with Crippen LogP contribution in [0.4, 0.5) is 5.69 Å². The van der Waals surface area contributed by atoms with Gasteiger partial charge in [0.25, 0.3) is 5.91 Å². The van der Waals surface area contributed by atoms with E-state index >= 15 is 0 Å². The maximum absolute atomic E-state index is 12.8. The average molecular weight is 521 g/mol. The maximum atomic E-state index is 12.8. The van der Waals surface area contributed by atoms with Gasteiger partial charge in [0.05, 0.1) is 18.8 Å². The van der Waals surface area contributed by atoms with Crippen molar-refractivity contribution in [1.82, 2.24) is 0 Å². The van der Waals surface area contributed by atoms with Gasteiger partial charge in [0.2, 0.25) is 0 Å². The Hall–Kier alpha value is -5.09. The Labute approximate surface area is 227 Å². The number of hydrogen-bond donors (Lipinski definition) is 1. The Balaban J connectivity index is 1.49. The van der Waals surface area contributed by atoms with Crippen molar-refractivity contribution in [3.8, 4) is 17.6 Å². The van der Waals surface area contributed by atoms with Crippen LogP contribution in [0.25, 0.3) is 16.8 Å². The molecule has 0 atom stereocenters. The lowest BCUT2D eigenvalue weighted by molar-refractivity contribution is -0.112. The van der Waals surface area contributed by atoms with Crippen LogP contribution in [0.5, 0.6) is 11.5 Å². The second-order valence-corrected chi connectivity index (χ2v) is 8.49. The molecule has 0 saturated heterocycles.